The van der Waals surface area contributed by atoms with E-state index in [0.29, 0.717) is 23.7 Å². The summed E-state index contributed by atoms with van der Waals surface area (Å²) in [6.07, 6.45) is 0.0644. The minimum atomic E-state index is -0.452. The number of carbonyl (C=O) groups excluding carboxylic acids is 1. The van der Waals surface area contributed by atoms with Crippen molar-refractivity contribution in [3.8, 4) is 11.8 Å². The third kappa shape index (κ3) is 5.93. The maximum atomic E-state index is 11.5. The molecule has 5 heteroatoms. The molecule has 0 atom stereocenters. The summed E-state index contributed by atoms with van der Waals surface area (Å²) in [6, 6.07) is 14.7. The van der Waals surface area contributed by atoms with E-state index in [1.165, 1.54) is 0 Å². The summed E-state index contributed by atoms with van der Waals surface area (Å²) in [5.74, 6) is 5.92. The lowest BCUT2D eigenvalue weighted by atomic mass is 10.2. The van der Waals surface area contributed by atoms with Gasteiger partial charge in [0, 0.05) is 18.5 Å². The smallest absolute Gasteiger partial charge is 0.407 e. The molecule has 0 fully saturated rings. The highest BCUT2D eigenvalue weighted by Gasteiger charge is 2.00. The maximum absolute atomic E-state index is 11.5. The van der Waals surface area contributed by atoms with Gasteiger partial charge in [-0.2, -0.15) is 0 Å². The fourth-order valence-corrected chi connectivity index (χ4v) is 1.90. The van der Waals surface area contributed by atoms with E-state index in [4.69, 9.17) is 22.1 Å². The van der Waals surface area contributed by atoms with Gasteiger partial charge in [0.25, 0.3) is 0 Å². The van der Waals surface area contributed by atoms with E-state index in [1.54, 1.807) is 18.2 Å². The molecule has 0 unspecified atom stereocenters. The topological polar surface area (TPSA) is 64.3 Å². The van der Waals surface area contributed by atoms with Crippen molar-refractivity contribution in [2.45, 2.75) is 13.0 Å². The molecule has 3 N–H and O–H groups in total. The van der Waals surface area contributed by atoms with Crippen LogP contribution in [-0.4, -0.2) is 12.6 Å². The highest BCUT2D eigenvalue weighted by atomic mass is 35.5. The van der Waals surface area contributed by atoms with E-state index in [1.807, 2.05) is 30.3 Å². The number of hydrogen-bond donors (Lipinski definition) is 2. The molecule has 118 valence electrons. The van der Waals surface area contributed by atoms with Gasteiger partial charge in [-0.3, -0.25) is 0 Å². The Morgan fingerprint density at radius 2 is 2.00 bits per heavy atom. The molecule has 0 aliphatic rings. The first-order chi connectivity index (χ1) is 11.1. The molecule has 2 aromatic carbocycles. The summed E-state index contributed by atoms with van der Waals surface area (Å²) in [7, 11) is 0. The van der Waals surface area contributed by atoms with Gasteiger partial charge in [0.1, 0.15) is 6.61 Å². The van der Waals surface area contributed by atoms with Crippen molar-refractivity contribution in [3.05, 3.63) is 64.7 Å². The molecule has 0 bridgehead atoms. The second kappa shape index (κ2) is 8.72. The molecule has 2 aromatic rings. The Morgan fingerprint density at radius 1 is 1.22 bits per heavy atom. The number of benzene rings is 2. The molecular weight excluding hydrogens is 312 g/mol. The van der Waals surface area contributed by atoms with E-state index < -0.39 is 6.09 Å². The fraction of sp³-hybridized carbons (Fsp3) is 0.167. The number of alkyl carbamates (subject to hydrolysis) is 1. The molecule has 0 radical (unpaired) electrons. The van der Waals surface area contributed by atoms with Crippen LogP contribution in [0.3, 0.4) is 0 Å². The zero-order valence-corrected chi connectivity index (χ0v) is 13.3. The van der Waals surface area contributed by atoms with E-state index in [0.717, 1.165) is 11.1 Å². The number of ether oxygens (including phenoxy) is 1. The standard InChI is InChI=1S/C18H17ClN2O2/c19-16-10-9-14(12-17(16)20)6-4-5-11-21-18(22)23-13-15-7-2-1-3-8-15/h1-3,7-10,12H,5,11,13,20H2,(H,21,22). The number of nitrogens with one attached hydrogen (secondary N) is 1. The van der Waals surface area contributed by atoms with Crippen molar-refractivity contribution in [3.63, 3.8) is 0 Å². The Balaban J connectivity index is 1.68. The van der Waals surface area contributed by atoms with Crippen LogP contribution in [0.5, 0.6) is 0 Å². The largest absolute Gasteiger partial charge is 0.445 e. The number of hydrogen-bond acceptors (Lipinski definition) is 3. The van der Waals surface area contributed by atoms with Crippen LogP contribution in [0.15, 0.2) is 48.5 Å². The van der Waals surface area contributed by atoms with E-state index in [-0.39, 0.29) is 6.61 Å². The van der Waals surface area contributed by atoms with E-state index in [2.05, 4.69) is 17.2 Å². The van der Waals surface area contributed by atoms with Gasteiger partial charge in [-0.25, -0.2) is 4.79 Å². The van der Waals surface area contributed by atoms with Gasteiger partial charge < -0.3 is 15.8 Å². The monoisotopic (exact) mass is 328 g/mol. The first-order valence-corrected chi connectivity index (χ1v) is 7.51. The lowest BCUT2D eigenvalue weighted by Gasteiger charge is -2.05. The molecule has 2 rings (SSSR count). The fourth-order valence-electron chi connectivity index (χ4n) is 1.79. The predicted molar refractivity (Wildman–Crippen MR) is 92.0 cm³/mol. The molecule has 0 heterocycles. The summed E-state index contributed by atoms with van der Waals surface area (Å²) >= 11 is 5.84. The molecule has 0 saturated carbocycles. The molecule has 0 saturated heterocycles. The summed E-state index contributed by atoms with van der Waals surface area (Å²) in [5.41, 5.74) is 7.94. The Hall–Kier alpha value is -2.64. The second-order valence-corrected chi connectivity index (χ2v) is 5.18. The summed E-state index contributed by atoms with van der Waals surface area (Å²) in [5, 5.41) is 3.16. The minimum Gasteiger partial charge on any atom is -0.445 e. The quantitative estimate of drug-likeness (QED) is 0.512. The maximum Gasteiger partial charge on any atom is 0.407 e. The van der Waals surface area contributed by atoms with Crippen molar-refractivity contribution in [1.29, 1.82) is 0 Å². The van der Waals surface area contributed by atoms with Gasteiger partial charge >= 0.3 is 6.09 Å². The third-order valence-corrected chi connectivity index (χ3v) is 3.31. The Bertz CT molecular complexity index is 721. The van der Waals surface area contributed by atoms with Crippen molar-refractivity contribution in [2.24, 2.45) is 0 Å². The van der Waals surface area contributed by atoms with Crippen LogP contribution in [0.4, 0.5) is 10.5 Å². The number of amides is 1. The number of carbonyl (C=O) groups is 1. The highest BCUT2D eigenvalue weighted by Crippen LogP contribution is 2.18. The Labute approximate surface area is 140 Å². The summed E-state index contributed by atoms with van der Waals surface area (Å²) in [4.78, 5) is 11.5. The zero-order chi connectivity index (χ0) is 16.5. The van der Waals surface area contributed by atoms with Crippen LogP contribution >= 0.6 is 11.6 Å². The first-order valence-electron chi connectivity index (χ1n) is 7.13. The Kier molecular flexibility index (Phi) is 6.34. The molecule has 4 nitrogen and oxygen atoms in total. The number of rotatable bonds is 4. The average Bonchev–Trinajstić information content (AvgIpc) is 2.57. The Morgan fingerprint density at radius 3 is 2.74 bits per heavy atom. The van der Waals surface area contributed by atoms with Crippen LogP contribution in [0.25, 0.3) is 0 Å². The number of nitrogen functional groups attached to an aromatic ring is 1. The van der Waals surface area contributed by atoms with Gasteiger partial charge in [0.2, 0.25) is 0 Å². The van der Waals surface area contributed by atoms with E-state index in [9.17, 15) is 4.79 Å². The van der Waals surface area contributed by atoms with Gasteiger partial charge in [-0.1, -0.05) is 53.8 Å². The van der Waals surface area contributed by atoms with Crippen LogP contribution in [0.1, 0.15) is 17.5 Å². The predicted octanol–water partition coefficient (Wildman–Crippen LogP) is 3.59. The van der Waals surface area contributed by atoms with Crippen molar-refractivity contribution in [1.82, 2.24) is 5.32 Å². The van der Waals surface area contributed by atoms with Gasteiger partial charge in [0.15, 0.2) is 0 Å². The molecule has 0 aromatic heterocycles. The summed E-state index contributed by atoms with van der Waals surface area (Å²) < 4.78 is 5.09. The lowest BCUT2D eigenvalue weighted by molar-refractivity contribution is 0.140. The zero-order valence-electron chi connectivity index (χ0n) is 12.5. The molecule has 0 aliphatic carbocycles. The molecule has 0 aliphatic heterocycles. The summed E-state index contributed by atoms with van der Waals surface area (Å²) in [6.45, 7) is 0.673. The van der Waals surface area contributed by atoms with Crippen LogP contribution < -0.4 is 11.1 Å². The van der Waals surface area contributed by atoms with Gasteiger partial charge in [-0.15, -0.1) is 0 Å². The molecular formula is C18H17ClN2O2. The van der Waals surface area contributed by atoms with Crippen LogP contribution in [0.2, 0.25) is 5.02 Å². The number of halogens is 1. The molecule has 0 spiro atoms. The van der Waals surface area contributed by atoms with Gasteiger partial charge in [-0.05, 0) is 23.8 Å². The van der Waals surface area contributed by atoms with E-state index >= 15 is 0 Å². The number of anilines is 1. The average molecular weight is 329 g/mol. The highest BCUT2D eigenvalue weighted by molar-refractivity contribution is 6.33. The van der Waals surface area contributed by atoms with Crippen molar-refractivity contribution < 1.29 is 9.53 Å². The molecule has 23 heavy (non-hydrogen) atoms. The normalized spacial score (nSPS) is 9.61. The van der Waals surface area contributed by atoms with Crippen LogP contribution in [0, 0.1) is 11.8 Å². The molecule has 1 amide bonds. The second-order valence-electron chi connectivity index (χ2n) is 4.78. The van der Waals surface area contributed by atoms with Crippen LogP contribution in [-0.2, 0) is 11.3 Å². The van der Waals surface area contributed by atoms with Crippen molar-refractivity contribution in [2.75, 3.05) is 12.3 Å². The number of nitrogens with two attached hydrogens (primary N) is 1. The lowest BCUT2D eigenvalue weighted by Crippen LogP contribution is -2.24. The SMILES string of the molecule is Nc1cc(C#CCCNC(=O)OCc2ccccc2)ccc1Cl. The minimum absolute atomic E-state index is 0.252. The third-order valence-electron chi connectivity index (χ3n) is 2.96. The first kappa shape index (κ1) is 16.7. The van der Waals surface area contributed by atoms with Gasteiger partial charge in [0.05, 0.1) is 10.7 Å². The van der Waals surface area contributed by atoms with Crippen molar-refractivity contribution >= 4 is 23.4 Å².